The maximum Gasteiger partial charge on any atom is 0.321 e. The Kier molecular flexibility index (Phi) is 5.45. The van der Waals surface area contributed by atoms with Crippen LogP contribution in [0.1, 0.15) is 12.8 Å². The highest BCUT2D eigenvalue weighted by Gasteiger charge is 2.61. The number of likely N-dealkylation sites (tertiary alicyclic amines) is 3. The number of methoxy groups -OCH3 is 1. The second kappa shape index (κ2) is 7.94. The predicted octanol–water partition coefficient (Wildman–Crippen LogP) is 1.76. The number of piperidine rings is 1. The van der Waals surface area contributed by atoms with E-state index in [1.54, 1.807) is 42.0 Å². The van der Waals surface area contributed by atoms with Crippen molar-refractivity contribution in [3.63, 3.8) is 0 Å². The van der Waals surface area contributed by atoms with Gasteiger partial charge < -0.3 is 29.7 Å². The van der Waals surface area contributed by atoms with E-state index < -0.39 is 0 Å². The van der Waals surface area contributed by atoms with Gasteiger partial charge in [-0.2, -0.15) is 0 Å². The first-order valence-electron chi connectivity index (χ1n) is 10.7. The topological polar surface area (TPSA) is 85.4 Å². The molecule has 0 bridgehead atoms. The third kappa shape index (κ3) is 3.55. The predicted molar refractivity (Wildman–Crippen MR) is 116 cm³/mol. The van der Waals surface area contributed by atoms with E-state index in [4.69, 9.17) is 4.74 Å². The van der Waals surface area contributed by atoms with Crippen LogP contribution in [0.3, 0.4) is 0 Å². The molecule has 0 radical (unpaired) electrons. The van der Waals surface area contributed by atoms with Crippen molar-refractivity contribution in [2.75, 3.05) is 59.7 Å². The highest BCUT2D eigenvalue weighted by molar-refractivity contribution is 5.90. The summed E-state index contributed by atoms with van der Waals surface area (Å²) in [7, 11) is 6.94. The van der Waals surface area contributed by atoms with E-state index >= 15 is 0 Å². The van der Waals surface area contributed by atoms with Gasteiger partial charge in [-0.1, -0.05) is 6.07 Å². The molecule has 31 heavy (non-hydrogen) atoms. The maximum absolute atomic E-state index is 13.0. The number of nitrogens with zero attached hydrogens (tertiary/aromatic N) is 4. The Balaban J connectivity index is 1.43. The summed E-state index contributed by atoms with van der Waals surface area (Å²) < 4.78 is 5.21. The molecular weight excluding hydrogens is 398 g/mol. The molecule has 1 spiro atoms. The Labute approximate surface area is 182 Å². The Bertz CT molecular complexity index is 880. The standard InChI is InChI=1S/C22H31N5O4/c1-24(2)21(30)27-13-17-18(14-27)22(25(3)19(17)28)8-10-26(11-9-22)20(29)23-15-6-5-7-16(12-15)31-4/h5-7,12,17-18H,8-11,13-14H2,1-4H3,(H,23,29)/t17-,18+/m1/s1. The molecule has 4 rings (SSSR count). The quantitative estimate of drug-likeness (QED) is 0.776. The van der Waals surface area contributed by atoms with Gasteiger partial charge in [-0.3, -0.25) is 4.79 Å². The van der Waals surface area contributed by atoms with Crippen LogP contribution in [0.5, 0.6) is 5.75 Å². The first-order chi connectivity index (χ1) is 14.8. The molecule has 1 N–H and O–H groups in total. The summed E-state index contributed by atoms with van der Waals surface area (Å²) in [4.78, 5) is 45.3. The van der Waals surface area contributed by atoms with E-state index in [-0.39, 0.29) is 35.3 Å². The van der Waals surface area contributed by atoms with Gasteiger partial charge in [-0.25, -0.2) is 9.59 Å². The van der Waals surface area contributed by atoms with Gasteiger partial charge in [0, 0.05) is 65.0 Å². The van der Waals surface area contributed by atoms with Crippen LogP contribution in [0.4, 0.5) is 15.3 Å². The second-order valence-corrected chi connectivity index (χ2v) is 8.94. The van der Waals surface area contributed by atoms with Crippen LogP contribution >= 0.6 is 0 Å². The lowest BCUT2D eigenvalue weighted by Gasteiger charge is -2.46. The lowest BCUT2D eigenvalue weighted by Crippen LogP contribution is -2.57. The average Bonchev–Trinajstić information content (AvgIpc) is 3.29. The van der Waals surface area contributed by atoms with Crippen molar-refractivity contribution in [1.29, 1.82) is 0 Å². The molecule has 0 saturated carbocycles. The number of carbonyl (C=O) groups excluding carboxylic acids is 3. The number of amides is 5. The van der Waals surface area contributed by atoms with Crippen LogP contribution in [0.2, 0.25) is 0 Å². The first-order valence-corrected chi connectivity index (χ1v) is 10.7. The summed E-state index contributed by atoms with van der Waals surface area (Å²) in [6.45, 7) is 2.21. The Morgan fingerprint density at radius 3 is 2.52 bits per heavy atom. The molecule has 3 fully saturated rings. The number of ether oxygens (including phenoxy) is 1. The molecule has 1 aromatic rings. The molecule has 3 aliphatic rings. The van der Waals surface area contributed by atoms with Gasteiger partial charge in [-0.05, 0) is 25.0 Å². The van der Waals surface area contributed by atoms with Gasteiger partial charge >= 0.3 is 12.1 Å². The van der Waals surface area contributed by atoms with Gasteiger partial charge in [-0.15, -0.1) is 0 Å². The van der Waals surface area contributed by atoms with Crippen molar-refractivity contribution in [2.45, 2.75) is 18.4 Å². The summed E-state index contributed by atoms with van der Waals surface area (Å²) in [5.74, 6) is 0.766. The summed E-state index contributed by atoms with van der Waals surface area (Å²) in [6, 6.07) is 7.08. The van der Waals surface area contributed by atoms with E-state index in [0.29, 0.717) is 50.5 Å². The molecule has 0 aromatic heterocycles. The van der Waals surface area contributed by atoms with Gasteiger partial charge in [0.25, 0.3) is 0 Å². The van der Waals surface area contributed by atoms with Crippen LogP contribution < -0.4 is 10.1 Å². The van der Waals surface area contributed by atoms with Crippen LogP contribution in [-0.4, -0.2) is 97.5 Å². The number of nitrogens with one attached hydrogen (secondary N) is 1. The maximum atomic E-state index is 13.0. The number of urea groups is 2. The molecule has 168 valence electrons. The van der Waals surface area contributed by atoms with Crippen molar-refractivity contribution >= 4 is 23.7 Å². The summed E-state index contributed by atoms with van der Waals surface area (Å²) in [5.41, 5.74) is 0.391. The minimum Gasteiger partial charge on any atom is -0.497 e. The Morgan fingerprint density at radius 1 is 1.16 bits per heavy atom. The summed E-state index contributed by atoms with van der Waals surface area (Å²) >= 11 is 0. The summed E-state index contributed by atoms with van der Waals surface area (Å²) in [5, 5.41) is 2.93. The highest BCUT2D eigenvalue weighted by Crippen LogP contribution is 2.49. The second-order valence-electron chi connectivity index (χ2n) is 8.94. The molecule has 5 amide bonds. The monoisotopic (exact) mass is 429 g/mol. The van der Waals surface area contributed by atoms with Gasteiger partial charge in [0.1, 0.15) is 5.75 Å². The van der Waals surface area contributed by atoms with Gasteiger partial charge in [0.2, 0.25) is 5.91 Å². The molecule has 3 heterocycles. The Hall–Kier alpha value is -2.97. The number of anilines is 1. The average molecular weight is 430 g/mol. The van der Waals surface area contributed by atoms with Crippen LogP contribution in [0, 0.1) is 11.8 Å². The Morgan fingerprint density at radius 2 is 1.87 bits per heavy atom. The number of hydrogen-bond acceptors (Lipinski definition) is 4. The van der Waals surface area contributed by atoms with E-state index in [9.17, 15) is 14.4 Å². The molecule has 0 unspecified atom stereocenters. The van der Waals surface area contributed by atoms with Crippen molar-refractivity contribution < 1.29 is 19.1 Å². The zero-order chi connectivity index (χ0) is 22.3. The minimum atomic E-state index is -0.296. The normalized spacial score (nSPS) is 24.4. The first kappa shape index (κ1) is 21.3. The molecule has 9 nitrogen and oxygen atoms in total. The number of fused-ring (bicyclic) bond motifs is 2. The largest absolute Gasteiger partial charge is 0.497 e. The fraction of sp³-hybridized carbons (Fsp3) is 0.591. The SMILES string of the molecule is COc1cccc(NC(=O)N2CCC3(CC2)[C@H]2CN(C(=O)N(C)C)C[C@H]2C(=O)N3C)c1. The number of benzene rings is 1. The third-order valence-electron chi connectivity index (χ3n) is 7.22. The van der Waals surface area contributed by atoms with Crippen LogP contribution in [-0.2, 0) is 4.79 Å². The number of rotatable bonds is 2. The van der Waals surface area contributed by atoms with Crippen molar-refractivity contribution in [3.8, 4) is 5.75 Å². The molecule has 3 aliphatic heterocycles. The van der Waals surface area contributed by atoms with Crippen LogP contribution in [0.15, 0.2) is 24.3 Å². The molecule has 1 aromatic carbocycles. The number of carbonyl (C=O) groups is 3. The molecule has 2 atom stereocenters. The summed E-state index contributed by atoms with van der Waals surface area (Å²) in [6.07, 6.45) is 1.43. The van der Waals surface area contributed by atoms with Crippen LogP contribution in [0.25, 0.3) is 0 Å². The van der Waals surface area contributed by atoms with E-state index in [1.165, 1.54) is 0 Å². The third-order valence-corrected chi connectivity index (χ3v) is 7.22. The van der Waals surface area contributed by atoms with E-state index in [1.807, 2.05) is 30.1 Å². The van der Waals surface area contributed by atoms with E-state index in [2.05, 4.69) is 5.32 Å². The molecule has 3 saturated heterocycles. The minimum absolute atomic E-state index is 0.0462. The molecular formula is C22H31N5O4. The zero-order valence-electron chi connectivity index (χ0n) is 18.6. The fourth-order valence-corrected chi connectivity index (χ4v) is 5.46. The molecule has 0 aliphatic carbocycles. The lowest BCUT2D eigenvalue weighted by atomic mass is 9.75. The smallest absolute Gasteiger partial charge is 0.321 e. The number of hydrogen-bond donors (Lipinski definition) is 1. The van der Waals surface area contributed by atoms with Crippen molar-refractivity contribution in [1.82, 2.24) is 19.6 Å². The lowest BCUT2D eigenvalue weighted by molar-refractivity contribution is -0.133. The van der Waals surface area contributed by atoms with Gasteiger partial charge in [0.05, 0.1) is 18.6 Å². The zero-order valence-corrected chi connectivity index (χ0v) is 18.6. The van der Waals surface area contributed by atoms with Gasteiger partial charge in [0.15, 0.2) is 0 Å². The fourth-order valence-electron chi connectivity index (χ4n) is 5.46. The highest BCUT2D eigenvalue weighted by atomic mass is 16.5. The van der Waals surface area contributed by atoms with Crippen molar-refractivity contribution in [2.24, 2.45) is 11.8 Å². The van der Waals surface area contributed by atoms with Crippen molar-refractivity contribution in [3.05, 3.63) is 24.3 Å². The molecule has 9 heteroatoms. The van der Waals surface area contributed by atoms with E-state index in [0.717, 1.165) is 0 Å².